The number of aryl methyl sites for hydroxylation is 2. The summed E-state index contributed by atoms with van der Waals surface area (Å²) < 4.78 is 0. The third-order valence-corrected chi connectivity index (χ3v) is 6.35. The zero-order chi connectivity index (χ0) is 14.5. The van der Waals surface area contributed by atoms with Crippen LogP contribution < -0.4 is 5.32 Å². The van der Waals surface area contributed by atoms with Gasteiger partial charge in [-0.05, 0) is 57.4 Å². The Morgan fingerprint density at radius 1 is 1.10 bits per heavy atom. The Hall–Kier alpha value is -0.410. The lowest BCUT2D eigenvalue weighted by molar-refractivity contribution is 0.324. The molecule has 1 aromatic rings. The fraction of sp³-hybridized carbons (Fsp3) is 0.833. The second-order valence-corrected chi connectivity index (χ2v) is 7.93. The minimum absolute atomic E-state index is 0.527. The molecule has 1 atom stereocenters. The fourth-order valence-corrected chi connectivity index (χ4v) is 5.23. The van der Waals surface area contributed by atoms with Crippen molar-refractivity contribution in [2.45, 2.75) is 83.6 Å². The molecule has 1 unspecified atom stereocenters. The van der Waals surface area contributed by atoms with E-state index >= 15 is 0 Å². The summed E-state index contributed by atoms with van der Waals surface area (Å²) in [6.07, 6.45) is 14.9. The van der Waals surface area contributed by atoms with Gasteiger partial charge in [0.2, 0.25) is 0 Å². The molecule has 0 spiro atoms. The lowest BCUT2D eigenvalue weighted by Gasteiger charge is -2.25. The molecule has 0 aliphatic heterocycles. The summed E-state index contributed by atoms with van der Waals surface area (Å²) in [6.45, 7) is 3.40. The minimum Gasteiger partial charge on any atom is -0.308 e. The van der Waals surface area contributed by atoms with Gasteiger partial charge in [0.25, 0.3) is 0 Å². The fourth-order valence-electron chi connectivity index (χ4n) is 3.90. The molecule has 0 radical (unpaired) electrons. The molecule has 0 saturated heterocycles. The van der Waals surface area contributed by atoms with Crippen LogP contribution in [0.5, 0.6) is 0 Å². The zero-order valence-corrected chi connectivity index (χ0v) is 14.3. The van der Waals surface area contributed by atoms with Crippen LogP contribution in [0, 0.1) is 5.92 Å². The molecule has 0 bridgehead atoms. The molecule has 118 valence electrons. The number of hydrogen-bond donors (Lipinski definition) is 1. The first-order valence-corrected chi connectivity index (χ1v) is 9.92. The molecule has 2 nitrogen and oxygen atoms in total. The van der Waals surface area contributed by atoms with Crippen molar-refractivity contribution in [3.8, 4) is 0 Å². The van der Waals surface area contributed by atoms with Crippen molar-refractivity contribution < 1.29 is 0 Å². The van der Waals surface area contributed by atoms with Gasteiger partial charge in [-0.2, -0.15) is 0 Å². The number of fused-ring (bicyclic) bond motifs is 1. The zero-order valence-electron chi connectivity index (χ0n) is 13.5. The van der Waals surface area contributed by atoms with Crippen molar-refractivity contribution >= 4 is 11.3 Å². The molecule has 0 aromatic carbocycles. The van der Waals surface area contributed by atoms with Crippen molar-refractivity contribution in [2.24, 2.45) is 5.92 Å². The third kappa shape index (κ3) is 3.87. The summed E-state index contributed by atoms with van der Waals surface area (Å²) in [7, 11) is 0. The lowest BCUT2D eigenvalue weighted by Crippen LogP contribution is -2.29. The Morgan fingerprint density at radius 3 is 2.57 bits per heavy atom. The second kappa shape index (κ2) is 7.73. The summed E-state index contributed by atoms with van der Waals surface area (Å²) >= 11 is 2.02. The van der Waals surface area contributed by atoms with Crippen LogP contribution in [0.3, 0.4) is 0 Å². The van der Waals surface area contributed by atoms with Crippen LogP contribution in [-0.2, 0) is 12.8 Å². The maximum Gasteiger partial charge on any atom is 0.110 e. The van der Waals surface area contributed by atoms with Crippen molar-refractivity contribution in [1.82, 2.24) is 10.3 Å². The van der Waals surface area contributed by atoms with E-state index in [4.69, 9.17) is 4.98 Å². The summed E-state index contributed by atoms with van der Waals surface area (Å²) in [5, 5.41) is 5.25. The maximum absolute atomic E-state index is 5.07. The minimum atomic E-state index is 0.527. The first-order valence-electron chi connectivity index (χ1n) is 9.10. The number of thiazole rings is 1. The molecule has 2 aliphatic rings. The monoisotopic (exact) mass is 306 g/mol. The molecular formula is C18H30N2S. The van der Waals surface area contributed by atoms with Crippen LogP contribution in [0.15, 0.2) is 0 Å². The summed E-state index contributed by atoms with van der Waals surface area (Å²) in [5.41, 5.74) is 1.43. The van der Waals surface area contributed by atoms with Gasteiger partial charge in [0.1, 0.15) is 5.01 Å². The molecule has 2 aliphatic carbocycles. The van der Waals surface area contributed by atoms with Gasteiger partial charge in [-0.25, -0.2) is 4.98 Å². The number of nitrogens with zero attached hydrogens (tertiary/aromatic N) is 1. The van der Waals surface area contributed by atoms with E-state index in [1.165, 1.54) is 81.3 Å². The molecule has 1 saturated carbocycles. The van der Waals surface area contributed by atoms with E-state index in [0.717, 1.165) is 12.5 Å². The van der Waals surface area contributed by atoms with Gasteiger partial charge >= 0.3 is 0 Å². The average molecular weight is 307 g/mol. The third-order valence-electron chi connectivity index (χ3n) is 5.11. The highest BCUT2D eigenvalue weighted by molar-refractivity contribution is 7.11. The van der Waals surface area contributed by atoms with Crippen LogP contribution in [0.2, 0.25) is 0 Å². The van der Waals surface area contributed by atoms with Gasteiger partial charge in [-0.3, -0.25) is 0 Å². The molecule has 1 heterocycles. The Bertz CT molecular complexity index is 409. The second-order valence-electron chi connectivity index (χ2n) is 6.81. The van der Waals surface area contributed by atoms with Gasteiger partial charge < -0.3 is 5.32 Å². The van der Waals surface area contributed by atoms with Crippen LogP contribution in [0.1, 0.15) is 86.3 Å². The number of aromatic nitrogens is 1. The van der Waals surface area contributed by atoms with Gasteiger partial charge in [0, 0.05) is 4.88 Å². The molecule has 0 amide bonds. The van der Waals surface area contributed by atoms with E-state index in [1.807, 2.05) is 11.3 Å². The van der Waals surface area contributed by atoms with Crippen LogP contribution in [-0.4, -0.2) is 11.5 Å². The van der Waals surface area contributed by atoms with Crippen molar-refractivity contribution in [2.75, 3.05) is 6.54 Å². The standard InChI is InChI=1S/C18H30N2S/c1-2-13-19-17(14-9-5-3-4-6-10-14)18-20-15-11-7-8-12-16(15)21-18/h14,17,19H,2-13H2,1H3. The maximum atomic E-state index is 5.07. The molecule has 3 rings (SSSR count). The van der Waals surface area contributed by atoms with E-state index < -0.39 is 0 Å². The molecule has 1 fully saturated rings. The molecule has 1 N–H and O–H groups in total. The van der Waals surface area contributed by atoms with Crippen LogP contribution in [0.4, 0.5) is 0 Å². The van der Waals surface area contributed by atoms with Crippen molar-refractivity contribution in [1.29, 1.82) is 0 Å². The molecule has 1 aromatic heterocycles. The quantitative estimate of drug-likeness (QED) is 0.771. The van der Waals surface area contributed by atoms with Gasteiger partial charge in [-0.15, -0.1) is 11.3 Å². The van der Waals surface area contributed by atoms with Gasteiger partial charge in [0.15, 0.2) is 0 Å². The first kappa shape index (κ1) is 15.5. The Morgan fingerprint density at radius 2 is 1.86 bits per heavy atom. The number of rotatable bonds is 5. The topological polar surface area (TPSA) is 24.9 Å². The summed E-state index contributed by atoms with van der Waals surface area (Å²) in [4.78, 5) is 6.66. The Labute approximate surface area is 133 Å². The predicted molar refractivity (Wildman–Crippen MR) is 91.0 cm³/mol. The van der Waals surface area contributed by atoms with E-state index in [9.17, 15) is 0 Å². The van der Waals surface area contributed by atoms with Gasteiger partial charge in [-0.1, -0.05) is 32.6 Å². The normalized spacial score (nSPS) is 21.8. The number of hydrogen-bond acceptors (Lipinski definition) is 3. The highest BCUT2D eigenvalue weighted by atomic mass is 32.1. The Balaban J connectivity index is 1.78. The van der Waals surface area contributed by atoms with Crippen LogP contribution >= 0.6 is 11.3 Å². The first-order chi connectivity index (χ1) is 10.4. The SMILES string of the molecule is CCCNC(c1nc2c(s1)CCCC2)C1CCCCCC1. The average Bonchev–Trinajstić information content (AvgIpc) is 2.75. The number of nitrogens with one attached hydrogen (secondary N) is 1. The largest absolute Gasteiger partial charge is 0.308 e. The molecule has 21 heavy (non-hydrogen) atoms. The van der Waals surface area contributed by atoms with Crippen molar-refractivity contribution in [3.63, 3.8) is 0 Å². The summed E-state index contributed by atoms with van der Waals surface area (Å²) in [5.74, 6) is 0.812. The summed E-state index contributed by atoms with van der Waals surface area (Å²) in [6, 6.07) is 0.527. The molecule has 3 heteroatoms. The van der Waals surface area contributed by atoms with E-state index in [2.05, 4.69) is 12.2 Å². The van der Waals surface area contributed by atoms with Crippen LogP contribution in [0.25, 0.3) is 0 Å². The van der Waals surface area contributed by atoms with Gasteiger partial charge in [0.05, 0.1) is 11.7 Å². The van der Waals surface area contributed by atoms with E-state index in [0.29, 0.717) is 6.04 Å². The smallest absolute Gasteiger partial charge is 0.110 e. The van der Waals surface area contributed by atoms with E-state index in [-0.39, 0.29) is 0 Å². The molecular weight excluding hydrogens is 276 g/mol. The van der Waals surface area contributed by atoms with E-state index in [1.54, 1.807) is 4.88 Å². The highest BCUT2D eigenvalue weighted by Gasteiger charge is 2.28. The van der Waals surface area contributed by atoms with Crippen molar-refractivity contribution in [3.05, 3.63) is 15.6 Å². The lowest BCUT2D eigenvalue weighted by atomic mass is 9.92. The Kier molecular flexibility index (Phi) is 5.70. The predicted octanol–water partition coefficient (Wildman–Crippen LogP) is 5.03. The highest BCUT2D eigenvalue weighted by Crippen LogP contribution is 2.37.